The molecule has 30 heavy (non-hydrogen) atoms. The fourth-order valence-electron chi connectivity index (χ4n) is 3.89. The van der Waals surface area contributed by atoms with Gasteiger partial charge in [-0.15, -0.1) is 0 Å². The molecule has 0 aliphatic heterocycles. The van der Waals surface area contributed by atoms with Crippen molar-refractivity contribution in [2.24, 2.45) is 5.41 Å². The van der Waals surface area contributed by atoms with Crippen molar-refractivity contribution in [1.29, 1.82) is 0 Å². The van der Waals surface area contributed by atoms with Crippen LogP contribution in [-0.4, -0.2) is 33.3 Å². The minimum atomic E-state index is -1.47. The van der Waals surface area contributed by atoms with Gasteiger partial charge in [-0.05, 0) is 78.8 Å². The number of allylic oxidation sites excluding steroid dienone is 5. The second kappa shape index (κ2) is 9.49. The normalized spacial score (nSPS) is 18.6. The lowest BCUT2D eigenvalue weighted by atomic mass is 9.86. The van der Waals surface area contributed by atoms with Gasteiger partial charge in [0.05, 0.1) is 21.3 Å². The molecule has 156 valence electrons. The summed E-state index contributed by atoms with van der Waals surface area (Å²) in [5.41, 5.74) is 2.27. The molecule has 0 spiro atoms. The molecule has 0 heterocycles. The summed E-state index contributed by atoms with van der Waals surface area (Å²) in [6, 6.07) is 7.47. The molecule has 5 heteroatoms. The van der Waals surface area contributed by atoms with Crippen LogP contribution in [0.25, 0.3) is 0 Å². The summed E-state index contributed by atoms with van der Waals surface area (Å²) in [5.74, 6) is 5.71. The summed E-state index contributed by atoms with van der Waals surface area (Å²) in [7, 11) is 4.19. The average molecular weight is 406 g/mol. The van der Waals surface area contributed by atoms with Gasteiger partial charge < -0.3 is 14.2 Å². The van der Waals surface area contributed by atoms with Gasteiger partial charge >= 0.3 is 11.9 Å². The molecule has 5 nitrogen and oxygen atoms in total. The quantitative estimate of drug-likeness (QED) is 0.427. The van der Waals surface area contributed by atoms with E-state index in [1.807, 2.05) is 24.3 Å². The zero-order chi connectivity index (χ0) is 21.6. The summed E-state index contributed by atoms with van der Waals surface area (Å²) in [5, 5.41) is 0. The van der Waals surface area contributed by atoms with Gasteiger partial charge in [-0.2, -0.15) is 0 Å². The van der Waals surface area contributed by atoms with Gasteiger partial charge in [0.1, 0.15) is 5.75 Å². The molecule has 0 amide bonds. The monoisotopic (exact) mass is 406 g/mol. The summed E-state index contributed by atoms with van der Waals surface area (Å²) >= 11 is 0. The van der Waals surface area contributed by atoms with Gasteiger partial charge in [0.2, 0.25) is 0 Å². The van der Waals surface area contributed by atoms with Crippen LogP contribution in [0.4, 0.5) is 0 Å². The average Bonchev–Trinajstić information content (AvgIpc) is 3.20. The summed E-state index contributed by atoms with van der Waals surface area (Å²) < 4.78 is 15.1. The van der Waals surface area contributed by atoms with E-state index in [1.165, 1.54) is 14.2 Å². The molecule has 3 rings (SSSR count). The van der Waals surface area contributed by atoms with E-state index >= 15 is 0 Å². The van der Waals surface area contributed by atoms with E-state index < -0.39 is 17.4 Å². The van der Waals surface area contributed by atoms with E-state index in [2.05, 4.69) is 17.9 Å². The summed E-state index contributed by atoms with van der Waals surface area (Å²) in [6.07, 6.45) is 9.99. The molecular formula is C25H26O5. The van der Waals surface area contributed by atoms with Gasteiger partial charge in [0.15, 0.2) is 5.41 Å². The molecule has 0 unspecified atom stereocenters. The van der Waals surface area contributed by atoms with Crippen LogP contribution in [0, 0.1) is 17.3 Å². The van der Waals surface area contributed by atoms with Crippen LogP contribution >= 0.6 is 0 Å². The number of ether oxygens (including phenoxy) is 3. The first-order valence-electron chi connectivity index (χ1n) is 9.98. The maximum absolute atomic E-state index is 12.6. The van der Waals surface area contributed by atoms with E-state index in [0.29, 0.717) is 0 Å². The van der Waals surface area contributed by atoms with Crippen molar-refractivity contribution in [3.63, 3.8) is 0 Å². The standard InChI is InChI=1S/C25H26O5/c1-28-21-14-12-18(13-15-21)8-7-11-20-16-25(23(26)29-2,24(27)30-3)17-22(20)19-9-5-4-6-10-19/h9,11-15,17H,4-6,10,16H2,1-3H3/b20-11-. The Balaban J connectivity index is 1.99. The number of hydrogen-bond donors (Lipinski definition) is 0. The van der Waals surface area contributed by atoms with Crippen LogP contribution in [0.3, 0.4) is 0 Å². The lowest BCUT2D eigenvalue weighted by Gasteiger charge is -2.20. The van der Waals surface area contributed by atoms with Crippen LogP contribution in [0.15, 0.2) is 59.2 Å². The highest BCUT2D eigenvalue weighted by Gasteiger charge is 2.51. The Morgan fingerprint density at radius 2 is 1.73 bits per heavy atom. The third-order valence-corrected chi connectivity index (χ3v) is 5.50. The first-order chi connectivity index (χ1) is 14.5. The molecule has 1 aromatic rings. The molecule has 0 aromatic heterocycles. The van der Waals surface area contributed by atoms with Crippen molar-refractivity contribution < 1.29 is 23.8 Å². The zero-order valence-electron chi connectivity index (χ0n) is 17.6. The Labute approximate surface area is 177 Å². The molecule has 0 bridgehead atoms. The molecule has 0 saturated carbocycles. The van der Waals surface area contributed by atoms with Gasteiger partial charge in [-0.3, -0.25) is 9.59 Å². The summed E-state index contributed by atoms with van der Waals surface area (Å²) in [6.45, 7) is 0. The van der Waals surface area contributed by atoms with E-state index in [0.717, 1.165) is 53.7 Å². The lowest BCUT2D eigenvalue weighted by molar-refractivity contribution is -0.164. The Morgan fingerprint density at radius 3 is 2.30 bits per heavy atom. The molecule has 1 aromatic carbocycles. The Hall–Kier alpha value is -3.26. The Morgan fingerprint density at radius 1 is 1.03 bits per heavy atom. The SMILES string of the molecule is COC(=O)C1(C(=O)OC)C=C(C2=CCCCC2)/C(=C\C#Cc2ccc(OC)cc2)C1. The van der Waals surface area contributed by atoms with Crippen LogP contribution in [0.5, 0.6) is 5.75 Å². The molecule has 0 fully saturated rings. The second-order valence-corrected chi connectivity index (χ2v) is 7.33. The molecular weight excluding hydrogens is 380 g/mol. The number of carbonyl (C=O) groups is 2. The molecule has 0 atom stereocenters. The second-order valence-electron chi connectivity index (χ2n) is 7.33. The molecule has 2 aliphatic carbocycles. The fourth-order valence-corrected chi connectivity index (χ4v) is 3.89. The minimum absolute atomic E-state index is 0.177. The first kappa shape index (κ1) is 21.4. The number of methoxy groups -OCH3 is 3. The Bertz CT molecular complexity index is 951. The van der Waals surface area contributed by atoms with Gasteiger partial charge in [-0.1, -0.05) is 17.9 Å². The van der Waals surface area contributed by atoms with Crippen LogP contribution in [0.1, 0.15) is 37.7 Å². The van der Waals surface area contributed by atoms with E-state index in [1.54, 1.807) is 19.3 Å². The van der Waals surface area contributed by atoms with Crippen molar-refractivity contribution >= 4 is 11.9 Å². The highest BCUT2D eigenvalue weighted by Crippen LogP contribution is 2.46. The number of esters is 2. The maximum atomic E-state index is 12.6. The first-order valence-corrected chi connectivity index (χ1v) is 9.98. The van der Waals surface area contributed by atoms with Gasteiger partial charge in [0, 0.05) is 12.0 Å². The highest BCUT2D eigenvalue weighted by molar-refractivity contribution is 6.04. The highest BCUT2D eigenvalue weighted by atomic mass is 16.5. The Kier molecular flexibility index (Phi) is 6.79. The predicted molar refractivity (Wildman–Crippen MR) is 114 cm³/mol. The lowest BCUT2D eigenvalue weighted by Crippen LogP contribution is -2.38. The number of hydrogen-bond acceptors (Lipinski definition) is 5. The topological polar surface area (TPSA) is 61.8 Å². The maximum Gasteiger partial charge on any atom is 0.327 e. The third kappa shape index (κ3) is 4.33. The predicted octanol–water partition coefficient (Wildman–Crippen LogP) is 4.14. The summed E-state index contributed by atoms with van der Waals surface area (Å²) in [4.78, 5) is 25.2. The molecule has 2 aliphatic rings. The van der Waals surface area contributed by atoms with Gasteiger partial charge in [0.25, 0.3) is 0 Å². The van der Waals surface area contributed by atoms with E-state index in [9.17, 15) is 9.59 Å². The minimum Gasteiger partial charge on any atom is -0.497 e. The van der Waals surface area contributed by atoms with Crippen molar-refractivity contribution in [2.75, 3.05) is 21.3 Å². The van der Waals surface area contributed by atoms with Gasteiger partial charge in [-0.25, -0.2) is 0 Å². The third-order valence-electron chi connectivity index (χ3n) is 5.50. The van der Waals surface area contributed by atoms with Crippen LogP contribution in [0.2, 0.25) is 0 Å². The molecule has 0 saturated heterocycles. The van der Waals surface area contributed by atoms with Crippen molar-refractivity contribution in [2.45, 2.75) is 32.1 Å². The van der Waals surface area contributed by atoms with Crippen molar-refractivity contribution in [3.8, 4) is 17.6 Å². The smallest absolute Gasteiger partial charge is 0.327 e. The van der Waals surface area contributed by atoms with Crippen molar-refractivity contribution in [3.05, 3.63) is 64.8 Å². The number of carbonyl (C=O) groups excluding carboxylic acids is 2. The van der Waals surface area contributed by atoms with Crippen LogP contribution in [-0.2, 0) is 19.1 Å². The largest absolute Gasteiger partial charge is 0.497 e. The van der Waals surface area contributed by atoms with E-state index in [-0.39, 0.29) is 6.42 Å². The fraction of sp³-hybridized carbons (Fsp3) is 0.360. The molecule has 0 radical (unpaired) electrons. The van der Waals surface area contributed by atoms with Crippen LogP contribution < -0.4 is 4.74 Å². The molecule has 0 N–H and O–H groups in total. The number of benzene rings is 1. The van der Waals surface area contributed by atoms with Crippen molar-refractivity contribution in [1.82, 2.24) is 0 Å². The number of rotatable bonds is 4. The zero-order valence-corrected chi connectivity index (χ0v) is 17.6. The van der Waals surface area contributed by atoms with E-state index in [4.69, 9.17) is 14.2 Å².